The molecule has 5 nitrogen and oxygen atoms in total. The van der Waals surface area contributed by atoms with Gasteiger partial charge in [0.25, 0.3) is 5.91 Å². The first-order valence-electron chi connectivity index (χ1n) is 7.11. The molecule has 0 spiro atoms. The monoisotopic (exact) mass is 332 g/mol. The lowest BCUT2D eigenvalue weighted by molar-refractivity contribution is -0.113. The molecule has 1 aliphatic rings. The Kier molecular flexibility index (Phi) is 4.52. The van der Waals surface area contributed by atoms with Gasteiger partial charge in [-0.3, -0.25) is 4.79 Å². The summed E-state index contributed by atoms with van der Waals surface area (Å²) in [5, 5.41) is 3.25. The number of nitrogens with one attached hydrogen (secondary N) is 1. The summed E-state index contributed by atoms with van der Waals surface area (Å²) >= 11 is 6.13. The summed E-state index contributed by atoms with van der Waals surface area (Å²) in [4.78, 5) is 22.3. The van der Waals surface area contributed by atoms with E-state index in [2.05, 4.69) is 15.3 Å². The Morgan fingerprint density at radius 3 is 2.83 bits per heavy atom. The number of rotatable bonds is 3. The molecule has 0 aromatic carbocycles. The molecular formula is C16H14ClFN4O. The minimum Gasteiger partial charge on any atom is -0.351 e. The van der Waals surface area contributed by atoms with Crippen molar-refractivity contribution in [2.45, 2.75) is 6.42 Å². The van der Waals surface area contributed by atoms with E-state index < -0.39 is 5.82 Å². The molecule has 3 heterocycles. The first-order chi connectivity index (χ1) is 11.1. The molecule has 7 heteroatoms. The summed E-state index contributed by atoms with van der Waals surface area (Å²) in [6.07, 6.45) is 5.16. The van der Waals surface area contributed by atoms with Crippen molar-refractivity contribution in [1.29, 1.82) is 0 Å². The van der Waals surface area contributed by atoms with Crippen LogP contribution in [0.25, 0.3) is 0 Å². The van der Waals surface area contributed by atoms with Gasteiger partial charge in [-0.05, 0) is 30.7 Å². The number of carbonyl (C=O) groups is 1. The van der Waals surface area contributed by atoms with Crippen molar-refractivity contribution >= 4 is 29.1 Å². The van der Waals surface area contributed by atoms with Gasteiger partial charge in [0.1, 0.15) is 17.5 Å². The van der Waals surface area contributed by atoms with Gasteiger partial charge >= 0.3 is 0 Å². The van der Waals surface area contributed by atoms with E-state index in [4.69, 9.17) is 11.6 Å². The number of aromatic nitrogens is 2. The molecule has 1 amide bonds. The van der Waals surface area contributed by atoms with Gasteiger partial charge in [0.15, 0.2) is 0 Å². The van der Waals surface area contributed by atoms with Gasteiger partial charge in [-0.25, -0.2) is 14.4 Å². The predicted molar refractivity (Wildman–Crippen MR) is 87.0 cm³/mol. The van der Waals surface area contributed by atoms with Crippen LogP contribution < -0.4 is 10.2 Å². The first-order valence-corrected chi connectivity index (χ1v) is 7.48. The number of hydrogen-bond acceptors (Lipinski definition) is 4. The second-order valence-electron chi connectivity index (χ2n) is 5.05. The molecule has 0 aliphatic carbocycles. The summed E-state index contributed by atoms with van der Waals surface area (Å²) in [6, 6.07) is 6.25. The van der Waals surface area contributed by atoms with Crippen LogP contribution in [-0.4, -0.2) is 29.0 Å². The average Bonchev–Trinajstić information content (AvgIpc) is 2.57. The van der Waals surface area contributed by atoms with Crippen molar-refractivity contribution in [2.75, 3.05) is 23.3 Å². The molecule has 3 rings (SSSR count). The summed E-state index contributed by atoms with van der Waals surface area (Å²) in [5.41, 5.74) is 0.666. The maximum Gasteiger partial charge on any atom is 0.252 e. The SMILES string of the molecule is O=C(Nc1ccc(F)cn1)C1=CCN(c2ncccc2Cl)CC1. The molecule has 0 saturated carbocycles. The summed E-state index contributed by atoms with van der Waals surface area (Å²) in [6.45, 7) is 1.20. The Labute approximate surface area is 137 Å². The van der Waals surface area contributed by atoms with Gasteiger partial charge in [0.2, 0.25) is 0 Å². The quantitative estimate of drug-likeness (QED) is 0.938. The molecule has 0 fully saturated rings. The average molecular weight is 333 g/mol. The number of carbonyl (C=O) groups excluding carboxylic acids is 1. The number of halogens is 2. The topological polar surface area (TPSA) is 58.1 Å². The highest BCUT2D eigenvalue weighted by Crippen LogP contribution is 2.25. The Hall–Kier alpha value is -2.47. The molecule has 1 N–H and O–H groups in total. The molecule has 2 aromatic rings. The van der Waals surface area contributed by atoms with Crippen molar-refractivity contribution in [2.24, 2.45) is 0 Å². The molecule has 0 unspecified atom stereocenters. The maximum absolute atomic E-state index is 12.8. The third-order valence-corrected chi connectivity index (χ3v) is 3.80. The normalized spacial score (nSPS) is 14.3. The van der Waals surface area contributed by atoms with Gasteiger partial charge < -0.3 is 10.2 Å². The van der Waals surface area contributed by atoms with E-state index in [0.29, 0.717) is 41.7 Å². The van der Waals surface area contributed by atoms with E-state index in [-0.39, 0.29) is 5.91 Å². The molecule has 0 bridgehead atoms. The van der Waals surface area contributed by atoms with Crippen LogP contribution in [-0.2, 0) is 4.79 Å². The van der Waals surface area contributed by atoms with Crippen LogP contribution in [0.15, 0.2) is 48.3 Å². The Balaban J connectivity index is 1.65. The zero-order valence-corrected chi connectivity index (χ0v) is 12.9. The largest absolute Gasteiger partial charge is 0.351 e. The molecule has 118 valence electrons. The fourth-order valence-corrected chi connectivity index (χ4v) is 2.57. The summed E-state index contributed by atoms with van der Waals surface area (Å²) in [5.74, 6) is 0.371. The fraction of sp³-hybridized carbons (Fsp3) is 0.188. The highest BCUT2D eigenvalue weighted by molar-refractivity contribution is 6.32. The van der Waals surface area contributed by atoms with Crippen molar-refractivity contribution in [3.8, 4) is 0 Å². The molecule has 0 atom stereocenters. The highest BCUT2D eigenvalue weighted by atomic mass is 35.5. The fourth-order valence-electron chi connectivity index (χ4n) is 2.32. The second kappa shape index (κ2) is 6.75. The first kappa shape index (κ1) is 15.4. The number of hydrogen-bond donors (Lipinski definition) is 1. The highest BCUT2D eigenvalue weighted by Gasteiger charge is 2.19. The Bertz CT molecular complexity index is 748. The van der Waals surface area contributed by atoms with Gasteiger partial charge in [0.05, 0.1) is 11.2 Å². The molecule has 1 aliphatic heterocycles. The van der Waals surface area contributed by atoms with Crippen molar-refractivity contribution in [3.05, 3.63) is 59.1 Å². The van der Waals surface area contributed by atoms with Crippen molar-refractivity contribution in [1.82, 2.24) is 9.97 Å². The third-order valence-electron chi connectivity index (χ3n) is 3.51. The van der Waals surface area contributed by atoms with Gasteiger partial charge in [0, 0.05) is 24.9 Å². The van der Waals surface area contributed by atoms with Crippen molar-refractivity contribution in [3.63, 3.8) is 0 Å². The van der Waals surface area contributed by atoms with Crippen molar-refractivity contribution < 1.29 is 9.18 Å². The lowest BCUT2D eigenvalue weighted by Crippen LogP contribution is -2.32. The van der Waals surface area contributed by atoms with E-state index in [1.54, 1.807) is 18.3 Å². The predicted octanol–water partition coefficient (Wildman–Crippen LogP) is 3.04. The van der Waals surface area contributed by atoms with E-state index in [0.717, 1.165) is 6.20 Å². The number of anilines is 2. The summed E-state index contributed by atoms with van der Waals surface area (Å²) < 4.78 is 12.8. The van der Waals surface area contributed by atoms with Crippen LogP contribution in [0.2, 0.25) is 5.02 Å². The zero-order chi connectivity index (χ0) is 16.2. The molecule has 2 aromatic heterocycles. The zero-order valence-electron chi connectivity index (χ0n) is 12.2. The van der Waals surface area contributed by atoms with Crippen LogP contribution in [0.1, 0.15) is 6.42 Å². The minimum absolute atomic E-state index is 0.226. The lowest BCUT2D eigenvalue weighted by Gasteiger charge is -2.27. The number of pyridine rings is 2. The van der Waals surface area contributed by atoms with Gasteiger partial charge in [-0.1, -0.05) is 17.7 Å². The smallest absolute Gasteiger partial charge is 0.252 e. The molecule has 0 radical (unpaired) electrons. The second-order valence-corrected chi connectivity index (χ2v) is 5.46. The van der Waals surface area contributed by atoms with E-state index in [1.165, 1.54) is 12.1 Å². The van der Waals surface area contributed by atoms with Crippen LogP contribution in [0.4, 0.5) is 16.0 Å². The van der Waals surface area contributed by atoms with Crippen LogP contribution in [0, 0.1) is 5.82 Å². The molecule has 23 heavy (non-hydrogen) atoms. The Morgan fingerprint density at radius 2 is 2.17 bits per heavy atom. The molecule has 0 saturated heterocycles. The minimum atomic E-state index is -0.442. The number of nitrogens with zero attached hydrogens (tertiary/aromatic N) is 3. The molecular weight excluding hydrogens is 319 g/mol. The number of amides is 1. The third kappa shape index (κ3) is 3.65. The standard InChI is InChI=1S/C16H14ClFN4O/c17-13-2-1-7-19-15(13)22-8-5-11(6-9-22)16(23)21-14-4-3-12(18)10-20-14/h1-5,7,10H,6,8-9H2,(H,20,21,23). The summed E-state index contributed by atoms with van der Waals surface area (Å²) in [7, 11) is 0. The Morgan fingerprint density at radius 1 is 1.30 bits per heavy atom. The lowest BCUT2D eigenvalue weighted by atomic mass is 10.1. The van der Waals surface area contributed by atoms with Gasteiger partial charge in [-0.15, -0.1) is 0 Å². The van der Waals surface area contributed by atoms with Crippen LogP contribution in [0.3, 0.4) is 0 Å². The maximum atomic E-state index is 12.8. The van der Waals surface area contributed by atoms with Gasteiger partial charge in [-0.2, -0.15) is 0 Å². The van der Waals surface area contributed by atoms with Crippen LogP contribution >= 0.6 is 11.6 Å². The van der Waals surface area contributed by atoms with E-state index >= 15 is 0 Å². The van der Waals surface area contributed by atoms with E-state index in [1.807, 2.05) is 11.0 Å². The van der Waals surface area contributed by atoms with Crippen LogP contribution in [0.5, 0.6) is 0 Å². The van der Waals surface area contributed by atoms with E-state index in [9.17, 15) is 9.18 Å².